The van der Waals surface area contributed by atoms with E-state index in [-0.39, 0.29) is 12.0 Å². The zero-order chi connectivity index (χ0) is 15.6. The molecule has 1 unspecified atom stereocenters. The quantitative estimate of drug-likeness (QED) is 0.867. The van der Waals surface area contributed by atoms with E-state index in [0.29, 0.717) is 5.56 Å². The number of hydrogen-bond donors (Lipinski definition) is 1. The normalized spacial score (nSPS) is 12.0. The van der Waals surface area contributed by atoms with Gasteiger partial charge in [0, 0.05) is 10.6 Å². The Kier molecular flexibility index (Phi) is 4.63. The van der Waals surface area contributed by atoms with E-state index >= 15 is 0 Å². The molecule has 0 bridgehead atoms. The minimum absolute atomic E-state index is 0.123. The molecule has 21 heavy (non-hydrogen) atoms. The van der Waals surface area contributed by atoms with E-state index in [1.54, 1.807) is 17.4 Å². The fourth-order valence-corrected chi connectivity index (χ4v) is 3.23. The molecule has 1 aromatic heterocycles. The Bertz CT molecular complexity index is 664. The average molecular weight is 304 g/mol. The maximum Gasteiger partial charge on any atom is 0.337 e. The summed E-state index contributed by atoms with van der Waals surface area (Å²) < 4.78 is 4.73. The maximum absolute atomic E-state index is 11.5. The number of nitrogens with zero attached hydrogens (tertiary/aromatic N) is 1. The van der Waals surface area contributed by atoms with Gasteiger partial charge in [0.25, 0.3) is 0 Å². The number of ether oxygens (including phenoxy) is 1. The lowest BCUT2D eigenvalue weighted by Gasteiger charge is -2.16. The second-order valence-electron chi connectivity index (χ2n) is 5.06. The lowest BCUT2D eigenvalue weighted by molar-refractivity contribution is 0.0600. The van der Waals surface area contributed by atoms with Crippen LogP contribution in [0.2, 0.25) is 0 Å². The number of methoxy groups -OCH3 is 1. The molecule has 4 nitrogen and oxygen atoms in total. The minimum Gasteiger partial charge on any atom is -0.465 e. The molecule has 0 fully saturated rings. The molecule has 0 saturated heterocycles. The number of rotatable bonds is 4. The summed E-state index contributed by atoms with van der Waals surface area (Å²) >= 11 is 1.71. The zero-order valence-corrected chi connectivity index (χ0v) is 13.8. The van der Waals surface area contributed by atoms with Crippen LogP contribution < -0.4 is 5.32 Å². The van der Waals surface area contributed by atoms with E-state index < -0.39 is 0 Å². The lowest BCUT2D eigenvalue weighted by Crippen LogP contribution is -2.10. The molecule has 1 atom stereocenters. The molecule has 0 aliphatic heterocycles. The van der Waals surface area contributed by atoms with Gasteiger partial charge in [-0.05, 0) is 51.5 Å². The van der Waals surface area contributed by atoms with Gasteiger partial charge in [-0.1, -0.05) is 0 Å². The molecule has 1 heterocycles. The van der Waals surface area contributed by atoms with Gasteiger partial charge in [0.2, 0.25) is 0 Å². The van der Waals surface area contributed by atoms with Crippen molar-refractivity contribution >= 4 is 23.0 Å². The number of nitrogens with one attached hydrogen (secondary N) is 1. The molecule has 5 heteroatoms. The van der Waals surface area contributed by atoms with Crippen molar-refractivity contribution in [1.82, 2.24) is 4.98 Å². The first-order chi connectivity index (χ1) is 9.92. The van der Waals surface area contributed by atoms with E-state index in [1.165, 1.54) is 12.0 Å². The van der Waals surface area contributed by atoms with E-state index in [2.05, 4.69) is 24.1 Å². The number of aryl methyl sites for hydroxylation is 3. The summed E-state index contributed by atoms with van der Waals surface area (Å²) in [4.78, 5) is 17.3. The number of thiazole rings is 1. The summed E-state index contributed by atoms with van der Waals surface area (Å²) in [5, 5.41) is 4.53. The van der Waals surface area contributed by atoms with Crippen LogP contribution in [0.25, 0.3) is 0 Å². The molecule has 0 amide bonds. The first kappa shape index (κ1) is 15.5. The highest BCUT2D eigenvalue weighted by Gasteiger charge is 2.14. The summed E-state index contributed by atoms with van der Waals surface area (Å²) in [5.74, 6) is -0.316. The number of carbonyl (C=O) groups is 1. The third kappa shape index (κ3) is 3.42. The summed E-state index contributed by atoms with van der Waals surface area (Å²) in [6, 6.07) is 5.64. The number of carbonyl (C=O) groups excluding carboxylic acids is 1. The molecule has 0 saturated carbocycles. The summed E-state index contributed by atoms with van der Waals surface area (Å²) in [7, 11) is 1.39. The van der Waals surface area contributed by atoms with Crippen LogP contribution in [0.5, 0.6) is 0 Å². The van der Waals surface area contributed by atoms with Gasteiger partial charge < -0.3 is 10.1 Å². The highest BCUT2D eigenvalue weighted by Crippen LogP contribution is 2.27. The van der Waals surface area contributed by atoms with Gasteiger partial charge in [0.1, 0.15) is 0 Å². The summed E-state index contributed by atoms with van der Waals surface area (Å²) in [6.07, 6.45) is 0. The Balaban J connectivity index is 2.20. The lowest BCUT2D eigenvalue weighted by atomic mass is 10.1. The Morgan fingerprint density at radius 3 is 2.57 bits per heavy atom. The predicted molar refractivity (Wildman–Crippen MR) is 86.1 cm³/mol. The van der Waals surface area contributed by atoms with Crippen molar-refractivity contribution in [1.29, 1.82) is 0 Å². The number of esters is 1. The van der Waals surface area contributed by atoms with Crippen molar-refractivity contribution in [3.8, 4) is 0 Å². The van der Waals surface area contributed by atoms with E-state index in [1.807, 2.05) is 26.0 Å². The maximum atomic E-state index is 11.5. The molecule has 0 aliphatic rings. The second-order valence-corrected chi connectivity index (χ2v) is 6.47. The van der Waals surface area contributed by atoms with Crippen LogP contribution in [-0.2, 0) is 4.74 Å². The SMILES string of the molecule is COC(=O)c1ccc(NC(C)c2nc(C)sc2C)c(C)c1. The number of hydrogen-bond acceptors (Lipinski definition) is 5. The van der Waals surface area contributed by atoms with Crippen molar-refractivity contribution in [3.05, 3.63) is 44.9 Å². The van der Waals surface area contributed by atoms with E-state index in [0.717, 1.165) is 22.0 Å². The van der Waals surface area contributed by atoms with Gasteiger partial charge in [0.05, 0.1) is 29.4 Å². The van der Waals surface area contributed by atoms with Crippen molar-refractivity contribution in [2.75, 3.05) is 12.4 Å². The smallest absolute Gasteiger partial charge is 0.337 e. The standard InChI is InChI=1S/C16H20N2O2S/c1-9-8-13(16(19)20-5)6-7-14(9)17-10(2)15-11(3)21-12(4)18-15/h6-8,10,17H,1-5H3. The molecule has 0 spiro atoms. The van der Waals surface area contributed by atoms with Crippen molar-refractivity contribution < 1.29 is 9.53 Å². The highest BCUT2D eigenvalue weighted by atomic mass is 32.1. The van der Waals surface area contributed by atoms with Gasteiger partial charge in [-0.2, -0.15) is 0 Å². The van der Waals surface area contributed by atoms with Crippen LogP contribution >= 0.6 is 11.3 Å². The van der Waals surface area contributed by atoms with Crippen molar-refractivity contribution in [3.63, 3.8) is 0 Å². The van der Waals surface area contributed by atoms with Crippen molar-refractivity contribution in [2.45, 2.75) is 33.7 Å². The monoisotopic (exact) mass is 304 g/mol. The molecule has 0 aliphatic carbocycles. The Morgan fingerprint density at radius 1 is 1.33 bits per heavy atom. The van der Waals surface area contributed by atoms with Crippen LogP contribution in [0, 0.1) is 20.8 Å². The molecule has 112 valence electrons. The first-order valence-electron chi connectivity index (χ1n) is 6.81. The second kappa shape index (κ2) is 6.26. The van der Waals surface area contributed by atoms with Crippen LogP contribution in [0.4, 0.5) is 5.69 Å². The van der Waals surface area contributed by atoms with Gasteiger partial charge in [-0.3, -0.25) is 0 Å². The van der Waals surface area contributed by atoms with E-state index in [4.69, 9.17) is 4.74 Å². The predicted octanol–water partition coefficient (Wildman–Crippen LogP) is 4.03. The fraction of sp³-hybridized carbons (Fsp3) is 0.375. The molecular formula is C16H20N2O2S. The molecule has 2 aromatic rings. The van der Waals surface area contributed by atoms with Crippen LogP contribution in [0.15, 0.2) is 18.2 Å². The number of benzene rings is 1. The first-order valence-corrected chi connectivity index (χ1v) is 7.63. The third-order valence-corrected chi connectivity index (χ3v) is 4.27. The molecule has 1 aromatic carbocycles. The summed E-state index contributed by atoms with van der Waals surface area (Å²) in [5.41, 5.74) is 3.65. The number of anilines is 1. The average Bonchev–Trinajstić information content (AvgIpc) is 2.79. The summed E-state index contributed by atoms with van der Waals surface area (Å²) in [6.45, 7) is 8.17. The fourth-order valence-electron chi connectivity index (χ4n) is 2.32. The third-order valence-electron chi connectivity index (χ3n) is 3.37. The van der Waals surface area contributed by atoms with E-state index in [9.17, 15) is 4.79 Å². The Hall–Kier alpha value is -1.88. The van der Waals surface area contributed by atoms with Crippen molar-refractivity contribution in [2.24, 2.45) is 0 Å². The van der Waals surface area contributed by atoms with Crippen LogP contribution in [0.3, 0.4) is 0 Å². The molecule has 1 N–H and O–H groups in total. The molecular weight excluding hydrogens is 284 g/mol. The van der Waals surface area contributed by atoms with Gasteiger partial charge in [-0.25, -0.2) is 9.78 Å². The molecule has 2 rings (SSSR count). The van der Waals surface area contributed by atoms with Gasteiger partial charge in [0.15, 0.2) is 0 Å². The molecule has 0 radical (unpaired) electrons. The van der Waals surface area contributed by atoms with Crippen LogP contribution in [0.1, 0.15) is 44.5 Å². The van der Waals surface area contributed by atoms with Gasteiger partial charge in [-0.15, -0.1) is 11.3 Å². The minimum atomic E-state index is -0.316. The topological polar surface area (TPSA) is 51.2 Å². The zero-order valence-electron chi connectivity index (χ0n) is 13.0. The van der Waals surface area contributed by atoms with Gasteiger partial charge >= 0.3 is 5.97 Å². The Labute approximate surface area is 129 Å². The largest absolute Gasteiger partial charge is 0.465 e. The Morgan fingerprint density at radius 2 is 2.05 bits per heavy atom. The number of aromatic nitrogens is 1. The van der Waals surface area contributed by atoms with Crippen LogP contribution in [-0.4, -0.2) is 18.1 Å². The highest BCUT2D eigenvalue weighted by molar-refractivity contribution is 7.11.